The molecule has 0 fully saturated rings. The Kier molecular flexibility index (Phi) is 3.29. The standard InChI is InChI=1S/C16H16N4/c1-3-17-16-19-10-11(2)15(20-16)13-7-6-12-5-4-8-18-14(12)9-13/h4-10H,3H2,1-2H3,(H,17,19,20). The summed E-state index contributed by atoms with van der Waals surface area (Å²) in [5.74, 6) is 0.661. The van der Waals surface area contributed by atoms with Crippen LogP contribution in [-0.4, -0.2) is 21.5 Å². The largest absolute Gasteiger partial charge is 0.354 e. The summed E-state index contributed by atoms with van der Waals surface area (Å²) in [6.45, 7) is 4.86. The lowest BCUT2D eigenvalue weighted by atomic mass is 10.1. The Bertz CT molecular complexity index is 752. The third-order valence-corrected chi connectivity index (χ3v) is 3.19. The van der Waals surface area contributed by atoms with Crippen molar-refractivity contribution in [3.63, 3.8) is 0 Å². The highest BCUT2D eigenvalue weighted by Gasteiger charge is 2.07. The molecule has 4 nitrogen and oxygen atoms in total. The van der Waals surface area contributed by atoms with Gasteiger partial charge < -0.3 is 5.32 Å². The lowest BCUT2D eigenvalue weighted by Gasteiger charge is -2.08. The van der Waals surface area contributed by atoms with Crippen molar-refractivity contribution in [2.45, 2.75) is 13.8 Å². The van der Waals surface area contributed by atoms with Crippen LogP contribution in [0.25, 0.3) is 22.2 Å². The summed E-state index contributed by atoms with van der Waals surface area (Å²) in [5.41, 5.74) is 4.05. The lowest BCUT2D eigenvalue weighted by Crippen LogP contribution is -2.03. The summed E-state index contributed by atoms with van der Waals surface area (Å²) in [4.78, 5) is 13.3. The normalized spacial score (nSPS) is 10.7. The number of anilines is 1. The van der Waals surface area contributed by atoms with Gasteiger partial charge in [0.2, 0.25) is 5.95 Å². The number of aromatic nitrogens is 3. The highest BCUT2D eigenvalue weighted by Crippen LogP contribution is 2.24. The first-order valence-corrected chi connectivity index (χ1v) is 6.70. The second-order valence-corrected chi connectivity index (χ2v) is 4.67. The van der Waals surface area contributed by atoms with Gasteiger partial charge in [0.05, 0.1) is 11.2 Å². The molecule has 0 spiro atoms. The average molecular weight is 264 g/mol. The molecule has 2 aromatic heterocycles. The molecule has 0 atom stereocenters. The van der Waals surface area contributed by atoms with Crippen molar-refractivity contribution in [3.8, 4) is 11.3 Å². The first-order valence-electron chi connectivity index (χ1n) is 6.70. The molecule has 4 heteroatoms. The number of benzene rings is 1. The quantitative estimate of drug-likeness (QED) is 0.787. The Morgan fingerprint density at radius 2 is 2.05 bits per heavy atom. The zero-order valence-electron chi connectivity index (χ0n) is 11.6. The van der Waals surface area contributed by atoms with Gasteiger partial charge in [0.15, 0.2) is 0 Å². The van der Waals surface area contributed by atoms with E-state index in [1.54, 1.807) is 0 Å². The van der Waals surface area contributed by atoms with Crippen LogP contribution in [0.5, 0.6) is 0 Å². The van der Waals surface area contributed by atoms with Gasteiger partial charge in [0, 0.05) is 29.9 Å². The molecule has 0 aliphatic heterocycles. The number of aryl methyl sites for hydroxylation is 1. The van der Waals surface area contributed by atoms with Crippen molar-refractivity contribution in [2.24, 2.45) is 0 Å². The zero-order valence-corrected chi connectivity index (χ0v) is 11.6. The number of fused-ring (bicyclic) bond motifs is 1. The van der Waals surface area contributed by atoms with Crippen molar-refractivity contribution in [1.82, 2.24) is 15.0 Å². The van der Waals surface area contributed by atoms with E-state index in [9.17, 15) is 0 Å². The average Bonchev–Trinajstić information content (AvgIpc) is 2.49. The number of hydrogen-bond donors (Lipinski definition) is 1. The van der Waals surface area contributed by atoms with E-state index in [1.165, 1.54) is 0 Å². The molecule has 1 aromatic carbocycles. The Hall–Kier alpha value is -2.49. The monoisotopic (exact) mass is 264 g/mol. The van der Waals surface area contributed by atoms with Crippen molar-refractivity contribution in [1.29, 1.82) is 0 Å². The maximum atomic E-state index is 4.59. The number of nitrogens with zero attached hydrogens (tertiary/aromatic N) is 3. The Morgan fingerprint density at radius 3 is 2.90 bits per heavy atom. The predicted octanol–water partition coefficient (Wildman–Crippen LogP) is 3.43. The van der Waals surface area contributed by atoms with Crippen LogP contribution in [0.1, 0.15) is 12.5 Å². The molecule has 0 amide bonds. The molecule has 3 aromatic rings. The first kappa shape index (κ1) is 12.5. The molecular weight excluding hydrogens is 248 g/mol. The van der Waals surface area contributed by atoms with E-state index in [4.69, 9.17) is 0 Å². The van der Waals surface area contributed by atoms with E-state index in [1.807, 2.05) is 32.3 Å². The van der Waals surface area contributed by atoms with Gasteiger partial charge in [-0.25, -0.2) is 9.97 Å². The molecule has 1 N–H and O–H groups in total. The Balaban J connectivity index is 2.12. The van der Waals surface area contributed by atoms with Crippen LogP contribution in [0.2, 0.25) is 0 Å². The SMILES string of the molecule is CCNc1ncc(C)c(-c2ccc3cccnc3c2)n1. The summed E-state index contributed by atoms with van der Waals surface area (Å²) in [6, 6.07) is 10.2. The van der Waals surface area contributed by atoms with Crippen LogP contribution in [-0.2, 0) is 0 Å². The van der Waals surface area contributed by atoms with Gasteiger partial charge in [-0.05, 0) is 31.5 Å². The van der Waals surface area contributed by atoms with E-state index in [0.29, 0.717) is 5.95 Å². The van der Waals surface area contributed by atoms with Crippen molar-refractivity contribution in [3.05, 3.63) is 48.3 Å². The molecule has 0 bridgehead atoms. The Morgan fingerprint density at radius 1 is 1.15 bits per heavy atom. The van der Waals surface area contributed by atoms with Crippen LogP contribution < -0.4 is 5.32 Å². The molecular formula is C16H16N4. The summed E-state index contributed by atoms with van der Waals surface area (Å²) in [6.07, 6.45) is 3.66. The molecule has 0 radical (unpaired) electrons. The first-order chi connectivity index (χ1) is 9.78. The third-order valence-electron chi connectivity index (χ3n) is 3.19. The number of hydrogen-bond acceptors (Lipinski definition) is 4. The van der Waals surface area contributed by atoms with E-state index in [-0.39, 0.29) is 0 Å². The van der Waals surface area contributed by atoms with E-state index in [2.05, 4.69) is 44.5 Å². The number of pyridine rings is 1. The minimum atomic E-state index is 0.661. The van der Waals surface area contributed by atoms with Crippen LogP contribution in [0.15, 0.2) is 42.7 Å². The van der Waals surface area contributed by atoms with Crippen molar-refractivity contribution in [2.75, 3.05) is 11.9 Å². The molecule has 0 unspecified atom stereocenters. The number of rotatable bonds is 3. The maximum absolute atomic E-state index is 4.59. The molecule has 100 valence electrons. The minimum absolute atomic E-state index is 0.661. The second kappa shape index (κ2) is 5.25. The van der Waals surface area contributed by atoms with Gasteiger partial charge >= 0.3 is 0 Å². The smallest absolute Gasteiger partial charge is 0.223 e. The lowest BCUT2D eigenvalue weighted by molar-refractivity contribution is 1.07. The summed E-state index contributed by atoms with van der Waals surface area (Å²) in [5, 5.41) is 4.28. The van der Waals surface area contributed by atoms with Gasteiger partial charge in [-0.3, -0.25) is 4.98 Å². The zero-order chi connectivity index (χ0) is 13.9. The van der Waals surface area contributed by atoms with Crippen LogP contribution in [0.3, 0.4) is 0 Å². The van der Waals surface area contributed by atoms with Crippen LogP contribution in [0, 0.1) is 6.92 Å². The molecule has 0 aliphatic carbocycles. The van der Waals surface area contributed by atoms with Gasteiger partial charge in [0.1, 0.15) is 0 Å². The third kappa shape index (κ3) is 2.32. The minimum Gasteiger partial charge on any atom is -0.354 e. The predicted molar refractivity (Wildman–Crippen MR) is 81.7 cm³/mol. The summed E-state index contributed by atoms with van der Waals surface area (Å²) < 4.78 is 0. The van der Waals surface area contributed by atoms with Crippen molar-refractivity contribution < 1.29 is 0 Å². The molecule has 0 saturated carbocycles. The van der Waals surface area contributed by atoms with Gasteiger partial charge in [0.25, 0.3) is 0 Å². The fourth-order valence-corrected chi connectivity index (χ4v) is 2.19. The second-order valence-electron chi connectivity index (χ2n) is 4.67. The van der Waals surface area contributed by atoms with Gasteiger partial charge in [-0.1, -0.05) is 18.2 Å². The van der Waals surface area contributed by atoms with Crippen LogP contribution >= 0.6 is 0 Å². The fraction of sp³-hybridized carbons (Fsp3) is 0.188. The maximum Gasteiger partial charge on any atom is 0.223 e. The highest BCUT2D eigenvalue weighted by molar-refractivity contribution is 5.83. The molecule has 2 heterocycles. The van der Waals surface area contributed by atoms with Crippen LogP contribution in [0.4, 0.5) is 5.95 Å². The highest BCUT2D eigenvalue weighted by atomic mass is 15.1. The number of nitrogens with one attached hydrogen (secondary N) is 1. The van der Waals surface area contributed by atoms with E-state index in [0.717, 1.165) is 34.3 Å². The topological polar surface area (TPSA) is 50.7 Å². The van der Waals surface area contributed by atoms with E-state index < -0.39 is 0 Å². The molecule has 20 heavy (non-hydrogen) atoms. The molecule has 3 rings (SSSR count). The van der Waals surface area contributed by atoms with Crippen molar-refractivity contribution >= 4 is 16.9 Å². The summed E-state index contributed by atoms with van der Waals surface area (Å²) in [7, 11) is 0. The van der Waals surface area contributed by atoms with Gasteiger partial charge in [-0.2, -0.15) is 0 Å². The van der Waals surface area contributed by atoms with Gasteiger partial charge in [-0.15, -0.1) is 0 Å². The molecule has 0 saturated heterocycles. The van der Waals surface area contributed by atoms with E-state index >= 15 is 0 Å². The Labute approximate surface area is 117 Å². The summed E-state index contributed by atoms with van der Waals surface area (Å²) >= 11 is 0. The fourth-order valence-electron chi connectivity index (χ4n) is 2.19. The molecule has 0 aliphatic rings.